The van der Waals surface area contributed by atoms with Crippen molar-refractivity contribution >= 4 is 34.0 Å². The number of nitrogens with zero attached hydrogens (tertiary/aromatic N) is 2. The van der Waals surface area contributed by atoms with Gasteiger partial charge in [-0.2, -0.15) is 0 Å². The standard InChI is InChI=1S/C20H22N4O3S/c1-11(2)16-10-21-20(28-16)23-17(25)9-14-5-7-15(8-6-14)22-19(26)18-12(3)24-27-13(18)4/h5-8,10-11H,9H2,1-4H3,(H,22,26)(H,21,23,25). The number of hydrogen-bond donors (Lipinski definition) is 2. The lowest BCUT2D eigenvalue weighted by molar-refractivity contribution is -0.115. The van der Waals surface area contributed by atoms with Crippen molar-refractivity contribution in [1.29, 1.82) is 0 Å². The molecule has 0 saturated heterocycles. The van der Waals surface area contributed by atoms with Crippen LogP contribution in [0.15, 0.2) is 35.0 Å². The van der Waals surface area contributed by atoms with Crippen LogP contribution in [-0.2, 0) is 11.2 Å². The fraction of sp³-hybridized carbons (Fsp3) is 0.300. The minimum atomic E-state index is -0.272. The number of carbonyl (C=O) groups is 2. The van der Waals surface area contributed by atoms with Gasteiger partial charge in [0.15, 0.2) is 5.13 Å². The molecule has 1 aromatic carbocycles. The Hall–Kier alpha value is -3.00. The van der Waals surface area contributed by atoms with Gasteiger partial charge in [-0.15, -0.1) is 11.3 Å². The smallest absolute Gasteiger partial charge is 0.261 e. The molecule has 0 aliphatic heterocycles. The van der Waals surface area contributed by atoms with Crippen LogP contribution in [-0.4, -0.2) is 22.0 Å². The minimum absolute atomic E-state index is 0.128. The van der Waals surface area contributed by atoms with Gasteiger partial charge >= 0.3 is 0 Å². The number of aryl methyl sites for hydroxylation is 2. The van der Waals surface area contributed by atoms with Gasteiger partial charge in [0.1, 0.15) is 11.3 Å². The summed E-state index contributed by atoms with van der Waals surface area (Å²) >= 11 is 1.49. The molecule has 0 bridgehead atoms. The Labute approximate surface area is 167 Å². The quantitative estimate of drug-likeness (QED) is 0.645. The van der Waals surface area contributed by atoms with Crippen LogP contribution in [0.3, 0.4) is 0 Å². The molecule has 3 aromatic rings. The Morgan fingerprint density at radius 1 is 1.14 bits per heavy atom. The van der Waals surface area contributed by atoms with Crippen LogP contribution in [0.25, 0.3) is 0 Å². The van der Waals surface area contributed by atoms with E-state index in [1.54, 1.807) is 32.2 Å². The van der Waals surface area contributed by atoms with Crippen molar-refractivity contribution in [2.24, 2.45) is 0 Å². The Kier molecular flexibility index (Phi) is 5.89. The van der Waals surface area contributed by atoms with Crippen molar-refractivity contribution in [2.75, 3.05) is 10.6 Å². The molecule has 2 aromatic heterocycles. The number of nitrogens with one attached hydrogen (secondary N) is 2. The summed E-state index contributed by atoms with van der Waals surface area (Å²) in [5.41, 5.74) is 2.46. The molecule has 28 heavy (non-hydrogen) atoms. The molecule has 2 N–H and O–H groups in total. The van der Waals surface area contributed by atoms with E-state index in [9.17, 15) is 9.59 Å². The Bertz CT molecular complexity index is 970. The highest BCUT2D eigenvalue weighted by Crippen LogP contribution is 2.25. The third kappa shape index (κ3) is 4.64. The predicted molar refractivity (Wildman–Crippen MR) is 109 cm³/mol. The second-order valence-corrected chi connectivity index (χ2v) is 7.86. The highest BCUT2D eigenvalue weighted by molar-refractivity contribution is 7.15. The Morgan fingerprint density at radius 2 is 1.86 bits per heavy atom. The average Bonchev–Trinajstić information content (AvgIpc) is 3.23. The molecule has 3 rings (SSSR count). The van der Waals surface area contributed by atoms with E-state index in [-0.39, 0.29) is 18.2 Å². The third-order valence-corrected chi connectivity index (χ3v) is 5.39. The highest BCUT2D eigenvalue weighted by Gasteiger charge is 2.17. The van der Waals surface area contributed by atoms with Gasteiger partial charge in [-0.3, -0.25) is 9.59 Å². The Morgan fingerprint density at radius 3 is 2.43 bits per heavy atom. The fourth-order valence-electron chi connectivity index (χ4n) is 2.67. The summed E-state index contributed by atoms with van der Waals surface area (Å²) in [7, 11) is 0. The molecule has 0 aliphatic carbocycles. The van der Waals surface area contributed by atoms with Crippen LogP contribution in [0, 0.1) is 13.8 Å². The van der Waals surface area contributed by atoms with Crippen molar-refractivity contribution in [3.05, 3.63) is 57.9 Å². The number of amides is 2. The lowest BCUT2D eigenvalue weighted by atomic mass is 10.1. The first-order valence-electron chi connectivity index (χ1n) is 8.92. The molecule has 0 aliphatic rings. The van der Waals surface area contributed by atoms with Gasteiger partial charge in [0.25, 0.3) is 5.91 Å². The first kappa shape index (κ1) is 19.8. The molecule has 2 heterocycles. The van der Waals surface area contributed by atoms with Crippen molar-refractivity contribution < 1.29 is 14.1 Å². The monoisotopic (exact) mass is 398 g/mol. The summed E-state index contributed by atoms with van der Waals surface area (Å²) in [5.74, 6) is 0.464. The summed E-state index contributed by atoms with van der Waals surface area (Å²) in [4.78, 5) is 29.9. The number of benzene rings is 1. The van der Waals surface area contributed by atoms with Gasteiger partial charge in [-0.1, -0.05) is 31.1 Å². The van der Waals surface area contributed by atoms with Crippen LogP contribution in [0.5, 0.6) is 0 Å². The van der Waals surface area contributed by atoms with Gasteiger partial charge < -0.3 is 15.2 Å². The molecule has 0 saturated carbocycles. The molecular formula is C20H22N4O3S. The molecule has 0 radical (unpaired) electrons. The van der Waals surface area contributed by atoms with E-state index >= 15 is 0 Å². The summed E-state index contributed by atoms with van der Waals surface area (Å²) in [6.07, 6.45) is 2.02. The van der Waals surface area contributed by atoms with Crippen LogP contribution in [0.4, 0.5) is 10.8 Å². The van der Waals surface area contributed by atoms with E-state index in [0.29, 0.717) is 33.8 Å². The molecule has 146 valence electrons. The predicted octanol–water partition coefficient (Wildman–Crippen LogP) is 4.30. The summed E-state index contributed by atoms with van der Waals surface area (Å²) in [5, 5.41) is 10.0. The van der Waals surface area contributed by atoms with Crippen molar-refractivity contribution in [3.63, 3.8) is 0 Å². The van der Waals surface area contributed by atoms with E-state index in [2.05, 4.69) is 34.6 Å². The van der Waals surface area contributed by atoms with Gasteiger partial charge in [0.05, 0.1) is 12.1 Å². The maximum Gasteiger partial charge on any atom is 0.261 e. The second-order valence-electron chi connectivity index (χ2n) is 6.80. The van der Waals surface area contributed by atoms with Crippen LogP contribution >= 0.6 is 11.3 Å². The van der Waals surface area contributed by atoms with Gasteiger partial charge in [-0.25, -0.2) is 4.98 Å². The molecule has 0 spiro atoms. The van der Waals surface area contributed by atoms with E-state index in [0.717, 1.165) is 10.4 Å². The molecule has 0 fully saturated rings. The molecule has 7 nitrogen and oxygen atoms in total. The third-order valence-electron chi connectivity index (χ3n) is 4.18. The zero-order chi connectivity index (χ0) is 20.3. The van der Waals surface area contributed by atoms with E-state index < -0.39 is 0 Å². The molecule has 8 heteroatoms. The van der Waals surface area contributed by atoms with E-state index in [1.165, 1.54) is 11.3 Å². The first-order valence-corrected chi connectivity index (χ1v) is 9.74. The molecule has 0 atom stereocenters. The number of rotatable bonds is 6. The largest absolute Gasteiger partial charge is 0.361 e. The SMILES string of the molecule is Cc1noc(C)c1C(=O)Nc1ccc(CC(=O)Nc2ncc(C(C)C)s2)cc1. The van der Waals surface area contributed by atoms with Gasteiger partial charge in [0.2, 0.25) is 5.91 Å². The first-order chi connectivity index (χ1) is 13.3. The molecular weight excluding hydrogens is 376 g/mol. The molecule has 2 amide bonds. The van der Waals surface area contributed by atoms with E-state index in [4.69, 9.17) is 4.52 Å². The average molecular weight is 398 g/mol. The number of carbonyl (C=O) groups excluding carboxylic acids is 2. The lowest BCUT2D eigenvalue weighted by Gasteiger charge is -2.06. The van der Waals surface area contributed by atoms with Crippen molar-refractivity contribution in [2.45, 2.75) is 40.0 Å². The van der Waals surface area contributed by atoms with Gasteiger partial charge in [0, 0.05) is 16.8 Å². The number of aromatic nitrogens is 2. The fourth-order valence-corrected chi connectivity index (χ4v) is 3.50. The summed E-state index contributed by atoms with van der Waals surface area (Å²) < 4.78 is 5.02. The van der Waals surface area contributed by atoms with Crippen molar-refractivity contribution in [3.8, 4) is 0 Å². The van der Waals surface area contributed by atoms with Gasteiger partial charge in [-0.05, 0) is 37.5 Å². The van der Waals surface area contributed by atoms with Crippen LogP contribution in [0.1, 0.15) is 52.0 Å². The topological polar surface area (TPSA) is 97.1 Å². The number of hydrogen-bond acceptors (Lipinski definition) is 6. The van der Waals surface area contributed by atoms with Crippen LogP contribution < -0.4 is 10.6 Å². The second kappa shape index (κ2) is 8.35. The maximum absolute atomic E-state index is 12.4. The lowest BCUT2D eigenvalue weighted by Crippen LogP contribution is -2.15. The number of anilines is 2. The number of thiazole rings is 1. The zero-order valence-electron chi connectivity index (χ0n) is 16.2. The minimum Gasteiger partial charge on any atom is -0.361 e. The van der Waals surface area contributed by atoms with Crippen molar-refractivity contribution in [1.82, 2.24) is 10.1 Å². The molecule has 0 unspecified atom stereocenters. The van der Waals surface area contributed by atoms with E-state index in [1.807, 2.05) is 12.1 Å². The Balaban J connectivity index is 1.58. The normalized spacial score (nSPS) is 10.9. The maximum atomic E-state index is 12.4. The zero-order valence-corrected chi connectivity index (χ0v) is 17.0. The highest BCUT2D eigenvalue weighted by atomic mass is 32.1. The summed E-state index contributed by atoms with van der Waals surface area (Å²) in [6, 6.07) is 7.14. The summed E-state index contributed by atoms with van der Waals surface area (Å²) in [6.45, 7) is 7.60. The van der Waals surface area contributed by atoms with Crippen LogP contribution in [0.2, 0.25) is 0 Å².